The van der Waals surface area contributed by atoms with Crippen LogP contribution in [0.5, 0.6) is 0 Å². The molecule has 1 aromatic carbocycles. The van der Waals surface area contributed by atoms with E-state index in [-0.39, 0.29) is 11.9 Å². The van der Waals surface area contributed by atoms with Crippen LogP contribution in [0.25, 0.3) is 22.6 Å². The molecule has 2 aromatic rings. The van der Waals surface area contributed by atoms with Gasteiger partial charge < -0.3 is 15.2 Å². The standard InChI is InChI=1S/C23H18N4O/c24-10-5-11-27-17-9-4-2-7-14(17)19-20-15(12-25-23(20)28)18-13-6-1-3-8-16(13)26-21(18)22(19)27/h1-4,7-9,17,26H,5-6,11-12H2,(H,25,28). The zero-order valence-corrected chi connectivity index (χ0v) is 15.2. The fraction of sp³-hybridized carbons (Fsp3) is 0.217. The van der Waals surface area contributed by atoms with Crippen molar-refractivity contribution in [1.29, 1.82) is 5.26 Å². The van der Waals surface area contributed by atoms with Crippen LogP contribution in [0.1, 0.15) is 27.9 Å². The molecule has 1 amide bonds. The highest BCUT2D eigenvalue weighted by Gasteiger charge is 2.37. The summed E-state index contributed by atoms with van der Waals surface area (Å²) in [7, 11) is 0. The number of nitriles is 1. The SMILES string of the molecule is N#CCCN1c2c(c3c(c4c5c([nH]c24)=CC=CC5)CNC3=O)=C2C=CC=CC21. The van der Waals surface area contributed by atoms with Gasteiger partial charge in [0.15, 0.2) is 0 Å². The number of rotatable bonds is 2. The van der Waals surface area contributed by atoms with Crippen molar-refractivity contribution in [1.82, 2.24) is 10.3 Å². The fourth-order valence-electron chi connectivity index (χ4n) is 5.14. The first kappa shape index (κ1) is 15.5. The summed E-state index contributed by atoms with van der Waals surface area (Å²) in [5, 5.41) is 15.6. The molecule has 3 heterocycles. The molecule has 4 aliphatic rings. The Morgan fingerprint density at radius 3 is 3.07 bits per heavy atom. The van der Waals surface area contributed by atoms with Crippen LogP contribution in [0.4, 0.5) is 5.69 Å². The van der Waals surface area contributed by atoms with Crippen LogP contribution in [-0.2, 0) is 13.0 Å². The smallest absolute Gasteiger partial charge is 0.252 e. The molecule has 136 valence electrons. The number of nitrogens with one attached hydrogen (secondary N) is 2. The molecule has 2 N–H and O–H groups in total. The maximum atomic E-state index is 12.9. The van der Waals surface area contributed by atoms with E-state index in [4.69, 9.17) is 0 Å². The van der Waals surface area contributed by atoms with Crippen LogP contribution in [0.15, 0.2) is 36.5 Å². The quantitative estimate of drug-likeness (QED) is 0.850. The summed E-state index contributed by atoms with van der Waals surface area (Å²) >= 11 is 0. The molecule has 0 fully saturated rings. The van der Waals surface area contributed by atoms with Crippen LogP contribution in [0.3, 0.4) is 0 Å². The Kier molecular flexibility index (Phi) is 3.05. The van der Waals surface area contributed by atoms with E-state index >= 15 is 0 Å². The largest absolute Gasteiger partial charge is 0.358 e. The second-order valence-corrected chi connectivity index (χ2v) is 7.57. The van der Waals surface area contributed by atoms with Crippen LogP contribution in [-0.4, -0.2) is 23.5 Å². The third-order valence-electron chi connectivity index (χ3n) is 6.21. The highest BCUT2D eigenvalue weighted by Crippen LogP contribution is 2.39. The van der Waals surface area contributed by atoms with Crippen molar-refractivity contribution < 1.29 is 4.79 Å². The van der Waals surface area contributed by atoms with Gasteiger partial charge in [-0.15, -0.1) is 0 Å². The molecule has 28 heavy (non-hydrogen) atoms. The lowest BCUT2D eigenvalue weighted by Gasteiger charge is -2.28. The van der Waals surface area contributed by atoms with Crippen LogP contribution < -0.4 is 20.8 Å². The third-order valence-corrected chi connectivity index (χ3v) is 6.21. The first-order valence-electron chi connectivity index (χ1n) is 9.66. The minimum absolute atomic E-state index is 0.00904. The van der Waals surface area contributed by atoms with Gasteiger partial charge in [-0.05, 0) is 29.2 Å². The Hall–Kier alpha value is -3.52. The number of amides is 1. The maximum absolute atomic E-state index is 12.9. The molecule has 0 saturated heterocycles. The lowest BCUT2D eigenvalue weighted by atomic mass is 9.94. The molecule has 1 atom stereocenters. The van der Waals surface area contributed by atoms with Gasteiger partial charge >= 0.3 is 0 Å². The number of anilines is 1. The van der Waals surface area contributed by atoms with Crippen molar-refractivity contribution in [3.05, 3.63) is 63.7 Å². The first-order valence-corrected chi connectivity index (χ1v) is 9.66. The number of hydrogen-bond acceptors (Lipinski definition) is 3. The van der Waals surface area contributed by atoms with Gasteiger partial charge in [-0.3, -0.25) is 4.79 Å². The molecule has 5 nitrogen and oxygen atoms in total. The Labute approximate surface area is 161 Å². The van der Waals surface area contributed by atoms with Gasteiger partial charge in [0.1, 0.15) is 0 Å². The minimum Gasteiger partial charge on any atom is -0.358 e. The summed E-state index contributed by atoms with van der Waals surface area (Å²) in [6, 6.07) is 2.35. The van der Waals surface area contributed by atoms with E-state index in [0.717, 1.165) is 44.9 Å². The molecule has 6 rings (SSSR count). The molecule has 2 aliphatic carbocycles. The van der Waals surface area contributed by atoms with Crippen molar-refractivity contribution in [3.8, 4) is 6.07 Å². The van der Waals surface area contributed by atoms with E-state index < -0.39 is 0 Å². The molecule has 1 unspecified atom stereocenters. The molecule has 2 aliphatic heterocycles. The van der Waals surface area contributed by atoms with Crippen molar-refractivity contribution in [2.75, 3.05) is 11.4 Å². The minimum atomic E-state index is 0.00904. The number of benzene rings is 1. The van der Waals surface area contributed by atoms with E-state index in [2.05, 4.69) is 51.6 Å². The number of aromatic amines is 1. The summed E-state index contributed by atoms with van der Waals surface area (Å²) in [6.45, 7) is 1.21. The summed E-state index contributed by atoms with van der Waals surface area (Å²) in [6.07, 6.45) is 16.0. The monoisotopic (exact) mass is 366 g/mol. The summed E-state index contributed by atoms with van der Waals surface area (Å²) in [5.41, 5.74) is 6.51. The Morgan fingerprint density at radius 2 is 2.18 bits per heavy atom. The number of H-pyrrole nitrogens is 1. The predicted molar refractivity (Wildman–Crippen MR) is 109 cm³/mol. The average molecular weight is 366 g/mol. The molecular weight excluding hydrogens is 348 g/mol. The third kappa shape index (κ3) is 1.82. The lowest BCUT2D eigenvalue weighted by Crippen LogP contribution is -2.32. The highest BCUT2D eigenvalue weighted by molar-refractivity contribution is 6.12. The molecule has 0 spiro atoms. The van der Waals surface area contributed by atoms with E-state index in [0.29, 0.717) is 19.5 Å². The zero-order valence-electron chi connectivity index (χ0n) is 15.2. The fourth-order valence-corrected chi connectivity index (χ4v) is 5.14. The Bertz CT molecular complexity index is 1330. The lowest BCUT2D eigenvalue weighted by molar-refractivity contribution is 0.0965. The summed E-state index contributed by atoms with van der Waals surface area (Å²) in [4.78, 5) is 18.8. The second-order valence-electron chi connectivity index (χ2n) is 7.57. The number of allylic oxidation sites excluding steroid dienone is 4. The normalized spacial score (nSPS) is 20.5. The number of aromatic nitrogens is 1. The van der Waals surface area contributed by atoms with Crippen molar-refractivity contribution in [2.45, 2.75) is 25.4 Å². The zero-order chi connectivity index (χ0) is 18.8. The van der Waals surface area contributed by atoms with Crippen LogP contribution in [0, 0.1) is 11.3 Å². The van der Waals surface area contributed by atoms with Crippen LogP contribution >= 0.6 is 0 Å². The van der Waals surface area contributed by atoms with Crippen molar-refractivity contribution in [3.63, 3.8) is 0 Å². The topological polar surface area (TPSA) is 71.9 Å². The molecule has 0 saturated carbocycles. The molecule has 0 radical (unpaired) electrons. The van der Waals surface area contributed by atoms with Gasteiger partial charge in [0.05, 0.1) is 35.3 Å². The number of hydrogen-bond donors (Lipinski definition) is 2. The van der Waals surface area contributed by atoms with E-state index in [9.17, 15) is 10.1 Å². The summed E-state index contributed by atoms with van der Waals surface area (Å²) < 4.78 is 0. The van der Waals surface area contributed by atoms with E-state index in [1.165, 1.54) is 10.9 Å². The second kappa shape index (κ2) is 5.49. The van der Waals surface area contributed by atoms with Crippen molar-refractivity contribution >= 4 is 34.1 Å². The molecule has 0 bridgehead atoms. The number of nitrogens with zero attached hydrogens (tertiary/aromatic N) is 2. The number of carbonyl (C=O) groups is 1. The Balaban J connectivity index is 1.80. The highest BCUT2D eigenvalue weighted by atomic mass is 16.1. The molecule has 1 aromatic heterocycles. The average Bonchev–Trinajstić information content (AvgIpc) is 3.38. The molecule has 5 heteroatoms. The van der Waals surface area contributed by atoms with Gasteiger partial charge in [0.25, 0.3) is 5.91 Å². The van der Waals surface area contributed by atoms with Gasteiger partial charge in [0.2, 0.25) is 0 Å². The predicted octanol–water partition coefficient (Wildman–Crippen LogP) is 1.68. The van der Waals surface area contributed by atoms with Gasteiger partial charge in [-0.2, -0.15) is 5.26 Å². The van der Waals surface area contributed by atoms with Gasteiger partial charge in [-0.1, -0.05) is 36.5 Å². The van der Waals surface area contributed by atoms with Crippen LogP contribution in [0.2, 0.25) is 0 Å². The number of fused-ring (bicyclic) bond motifs is 9. The van der Waals surface area contributed by atoms with E-state index in [1.807, 2.05) is 12.2 Å². The molecular formula is C23H18N4O. The van der Waals surface area contributed by atoms with E-state index in [1.54, 1.807) is 0 Å². The Morgan fingerprint density at radius 1 is 1.25 bits per heavy atom. The van der Waals surface area contributed by atoms with Gasteiger partial charge in [-0.25, -0.2) is 0 Å². The maximum Gasteiger partial charge on any atom is 0.252 e. The summed E-state index contributed by atoms with van der Waals surface area (Å²) in [5.74, 6) is 0.00904. The van der Waals surface area contributed by atoms with Gasteiger partial charge in [0, 0.05) is 29.0 Å². The first-order chi connectivity index (χ1) is 13.8. The van der Waals surface area contributed by atoms with Crippen molar-refractivity contribution in [2.24, 2.45) is 0 Å². The number of carbonyl (C=O) groups excluding carboxylic acids is 1.